The van der Waals surface area contributed by atoms with E-state index >= 15 is 0 Å². The Bertz CT molecular complexity index is 1310. The monoisotopic (exact) mass is 486 g/mol. The van der Waals surface area contributed by atoms with Crippen LogP contribution in [0.25, 0.3) is 5.65 Å². The zero-order valence-corrected chi connectivity index (χ0v) is 21.1. The number of carbonyl (C=O) groups excluding carboxylic acids is 2. The number of fused-ring (bicyclic) bond motifs is 2. The molecule has 1 aliphatic heterocycles. The molecule has 0 radical (unpaired) electrons. The molecular formula is C29H34N4O3. The number of ether oxygens (including phenoxy) is 1. The number of hydrogen-bond acceptors (Lipinski definition) is 4. The average Bonchev–Trinajstić information content (AvgIpc) is 3.33. The molecule has 7 heteroatoms. The van der Waals surface area contributed by atoms with Crippen LogP contribution in [-0.4, -0.2) is 52.3 Å². The van der Waals surface area contributed by atoms with Crippen molar-refractivity contribution in [2.45, 2.75) is 57.9 Å². The highest BCUT2D eigenvalue weighted by Crippen LogP contribution is 2.49. The SMILES string of the molecule is COc1cccc2c1CC(C(=O)N1CCC3(CCC3NC(=O)c3cnc4cc(C)ccn34)CC1)CC2. The fourth-order valence-electron chi connectivity index (χ4n) is 6.59. The van der Waals surface area contributed by atoms with Gasteiger partial charge in [-0.05, 0) is 92.2 Å². The number of hydrogen-bond donors (Lipinski definition) is 1. The zero-order chi connectivity index (χ0) is 24.9. The van der Waals surface area contributed by atoms with Crippen molar-refractivity contribution in [3.8, 4) is 5.75 Å². The first-order chi connectivity index (χ1) is 17.5. The molecule has 2 aliphatic carbocycles. The Balaban J connectivity index is 1.08. The molecule has 6 rings (SSSR count). The summed E-state index contributed by atoms with van der Waals surface area (Å²) in [5.74, 6) is 1.14. The van der Waals surface area contributed by atoms with Crippen molar-refractivity contribution >= 4 is 17.5 Å². The lowest BCUT2D eigenvalue weighted by molar-refractivity contribution is -0.140. The van der Waals surface area contributed by atoms with Crippen molar-refractivity contribution in [1.82, 2.24) is 19.6 Å². The van der Waals surface area contributed by atoms with E-state index in [1.54, 1.807) is 13.3 Å². The first kappa shape index (κ1) is 23.1. The highest BCUT2D eigenvalue weighted by molar-refractivity contribution is 5.93. The fraction of sp³-hybridized carbons (Fsp3) is 0.483. The van der Waals surface area contributed by atoms with E-state index in [1.165, 1.54) is 11.1 Å². The van der Waals surface area contributed by atoms with Gasteiger partial charge in [0, 0.05) is 31.2 Å². The van der Waals surface area contributed by atoms with Gasteiger partial charge in [-0.15, -0.1) is 0 Å². The third-order valence-corrected chi connectivity index (χ3v) is 8.96. The van der Waals surface area contributed by atoms with E-state index in [1.807, 2.05) is 41.8 Å². The Labute approximate surface area is 211 Å². The predicted octanol–water partition coefficient (Wildman–Crippen LogP) is 3.96. The van der Waals surface area contributed by atoms with Gasteiger partial charge >= 0.3 is 0 Å². The number of nitrogens with one attached hydrogen (secondary N) is 1. The molecule has 3 heterocycles. The number of nitrogens with zero attached hydrogens (tertiary/aromatic N) is 3. The number of aryl methyl sites for hydroxylation is 2. The van der Waals surface area contributed by atoms with E-state index in [9.17, 15) is 9.59 Å². The van der Waals surface area contributed by atoms with Crippen molar-refractivity contribution in [3.05, 3.63) is 65.1 Å². The molecule has 3 aliphatic rings. The Kier molecular flexibility index (Phi) is 5.73. The molecule has 1 spiro atoms. The second kappa shape index (κ2) is 8.95. The topological polar surface area (TPSA) is 75.9 Å². The van der Waals surface area contributed by atoms with Gasteiger partial charge in [-0.25, -0.2) is 4.98 Å². The van der Waals surface area contributed by atoms with Crippen molar-refractivity contribution < 1.29 is 14.3 Å². The quantitative estimate of drug-likeness (QED) is 0.606. The standard InChI is InChI=1S/C29H34N4O3/c1-19-9-13-33-23(18-30-26(33)16-19)27(34)31-25-8-10-29(25)11-14-32(15-12-29)28(35)21-7-6-20-4-3-5-24(36-2)22(20)17-21/h3-5,9,13,16,18,21,25H,6-8,10-12,14-15,17H2,1-2H3,(H,31,34). The summed E-state index contributed by atoms with van der Waals surface area (Å²) >= 11 is 0. The third-order valence-electron chi connectivity index (χ3n) is 8.96. The normalized spacial score (nSPS) is 22.7. The van der Waals surface area contributed by atoms with E-state index in [0.717, 1.165) is 75.0 Å². The van der Waals surface area contributed by atoms with Crippen LogP contribution in [0, 0.1) is 18.3 Å². The molecule has 1 saturated heterocycles. The zero-order valence-electron chi connectivity index (χ0n) is 21.1. The lowest BCUT2D eigenvalue weighted by atomic mass is 9.59. The van der Waals surface area contributed by atoms with Crippen LogP contribution in [0.1, 0.15) is 59.3 Å². The number of carbonyl (C=O) groups is 2. The molecular weight excluding hydrogens is 452 g/mol. The Morgan fingerprint density at radius 3 is 2.72 bits per heavy atom. The number of aromatic nitrogens is 2. The first-order valence-corrected chi connectivity index (χ1v) is 13.2. The molecule has 2 aromatic heterocycles. The predicted molar refractivity (Wildman–Crippen MR) is 137 cm³/mol. The number of likely N-dealkylation sites (tertiary alicyclic amines) is 1. The van der Waals surface area contributed by atoms with Crippen LogP contribution in [0.2, 0.25) is 0 Å². The Morgan fingerprint density at radius 2 is 1.97 bits per heavy atom. The van der Waals surface area contributed by atoms with Crippen molar-refractivity contribution in [3.63, 3.8) is 0 Å². The largest absolute Gasteiger partial charge is 0.496 e. The summed E-state index contributed by atoms with van der Waals surface area (Å²) in [7, 11) is 1.70. The maximum absolute atomic E-state index is 13.4. The minimum Gasteiger partial charge on any atom is -0.496 e. The molecule has 2 fully saturated rings. The number of imidazole rings is 1. The van der Waals surface area contributed by atoms with Gasteiger partial charge in [-0.3, -0.25) is 14.0 Å². The lowest BCUT2D eigenvalue weighted by Gasteiger charge is -2.54. The summed E-state index contributed by atoms with van der Waals surface area (Å²) in [4.78, 5) is 33.0. The molecule has 7 nitrogen and oxygen atoms in total. The number of rotatable bonds is 4. The molecule has 1 N–H and O–H groups in total. The minimum absolute atomic E-state index is 0.0264. The number of pyridine rings is 1. The average molecular weight is 487 g/mol. The van der Waals surface area contributed by atoms with Crippen LogP contribution < -0.4 is 10.1 Å². The number of benzene rings is 1. The fourth-order valence-corrected chi connectivity index (χ4v) is 6.59. The number of amides is 2. The van der Waals surface area contributed by atoms with Crippen molar-refractivity contribution in [2.75, 3.05) is 20.2 Å². The summed E-state index contributed by atoms with van der Waals surface area (Å²) < 4.78 is 7.42. The van der Waals surface area contributed by atoms with Gasteiger partial charge in [0.1, 0.15) is 17.1 Å². The first-order valence-electron chi connectivity index (χ1n) is 13.2. The van der Waals surface area contributed by atoms with Crippen LogP contribution in [0.15, 0.2) is 42.7 Å². The Hall–Kier alpha value is -3.35. The van der Waals surface area contributed by atoms with E-state index in [-0.39, 0.29) is 29.2 Å². The summed E-state index contributed by atoms with van der Waals surface area (Å²) in [5, 5.41) is 3.30. The smallest absolute Gasteiger partial charge is 0.270 e. The van der Waals surface area contributed by atoms with Gasteiger partial charge in [0.25, 0.3) is 5.91 Å². The maximum atomic E-state index is 13.4. The summed E-state index contributed by atoms with van der Waals surface area (Å²) in [6.45, 7) is 3.57. The second-order valence-electron chi connectivity index (χ2n) is 10.9. The second-order valence-corrected chi connectivity index (χ2v) is 10.9. The van der Waals surface area contributed by atoms with Crippen molar-refractivity contribution in [2.24, 2.45) is 11.3 Å². The van der Waals surface area contributed by atoms with Gasteiger partial charge in [-0.1, -0.05) is 12.1 Å². The molecule has 1 aromatic carbocycles. The van der Waals surface area contributed by atoms with Crippen LogP contribution in [-0.2, 0) is 17.6 Å². The Morgan fingerprint density at radius 1 is 1.14 bits per heavy atom. The van der Waals surface area contributed by atoms with E-state index < -0.39 is 0 Å². The minimum atomic E-state index is -0.0660. The molecule has 188 valence electrons. The number of piperidine rings is 1. The van der Waals surface area contributed by atoms with Gasteiger partial charge in [-0.2, -0.15) is 0 Å². The van der Waals surface area contributed by atoms with Crippen LogP contribution in [0.4, 0.5) is 0 Å². The van der Waals surface area contributed by atoms with Crippen LogP contribution in [0.3, 0.4) is 0 Å². The molecule has 1 saturated carbocycles. The highest BCUT2D eigenvalue weighted by atomic mass is 16.5. The van der Waals surface area contributed by atoms with Gasteiger partial charge < -0.3 is 15.0 Å². The lowest BCUT2D eigenvalue weighted by Crippen LogP contribution is -2.60. The van der Waals surface area contributed by atoms with E-state index in [4.69, 9.17) is 4.74 Å². The molecule has 2 unspecified atom stereocenters. The molecule has 0 bridgehead atoms. The van der Waals surface area contributed by atoms with Crippen molar-refractivity contribution in [1.29, 1.82) is 0 Å². The van der Waals surface area contributed by atoms with Gasteiger partial charge in [0.05, 0.1) is 13.3 Å². The molecule has 2 amide bonds. The molecule has 2 atom stereocenters. The molecule has 3 aromatic rings. The van der Waals surface area contributed by atoms with Crippen LogP contribution >= 0.6 is 0 Å². The van der Waals surface area contributed by atoms with E-state index in [2.05, 4.69) is 21.3 Å². The maximum Gasteiger partial charge on any atom is 0.270 e. The van der Waals surface area contributed by atoms with Gasteiger partial charge in [0.15, 0.2) is 0 Å². The molecule has 36 heavy (non-hydrogen) atoms. The van der Waals surface area contributed by atoms with Crippen LogP contribution in [0.5, 0.6) is 5.75 Å². The summed E-state index contributed by atoms with van der Waals surface area (Å²) in [5.41, 5.74) is 5.10. The summed E-state index contributed by atoms with van der Waals surface area (Å²) in [6.07, 6.45) is 10.2. The van der Waals surface area contributed by atoms with Gasteiger partial charge in [0.2, 0.25) is 5.91 Å². The van der Waals surface area contributed by atoms with E-state index in [0.29, 0.717) is 5.69 Å². The number of methoxy groups -OCH3 is 1. The summed E-state index contributed by atoms with van der Waals surface area (Å²) in [6, 6.07) is 10.3. The third kappa shape index (κ3) is 3.85. The highest BCUT2D eigenvalue weighted by Gasteiger charge is 2.49.